The summed E-state index contributed by atoms with van der Waals surface area (Å²) in [4.78, 5) is 14.9. The summed E-state index contributed by atoms with van der Waals surface area (Å²) in [6, 6.07) is 18.1. The molecule has 1 aliphatic heterocycles. The van der Waals surface area contributed by atoms with E-state index in [9.17, 15) is 4.79 Å². The molecule has 6 nitrogen and oxygen atoms in total. The molecule has 0 aliphatic carbocycles. The molecule has 1 aliphatic rings. The molecule has 150 valence electrons. The molecule has 1 amide bonds. The molecule has 2 heterocycles. The number of piperidine rings is 1. The summed E-state index contributed by atoms with van der Waals surface area (Å²) < 4.78 is 7.42. The predicted octanol–water partition coefficient (Wildman–Crippen LogP) is 4.02. The Morgan fingerprint density at radius 3 is 2.48 bits per heavy atom. The van der Waals surface area contributed by atoms with Gasteiger partial charge in [-0.1, -0.05) is 30.3 Å². The minimum absolute atomic E-state index is 0.0729. The van der Waals surface area contributed by atoms with Gasteiger partial charge in [0.25, 0.3) is 0 Å². The number of carbonyl (C=O) groups excluding carboxylic acids is 1. The van der Waals surface area contributed by atoms with Crippen molar-refractivity contribution in [3.05, 3.63) is 64.9 Å². The number of carbonyl (C=O) groups is 1. The van der Waals surface area contributed by atoms with Crippen LogP contribution >= 0.6 is 12.2 Å². The minimum Gasteiger partial charge on any atom is -0.497 e. The molecule has 0 radical (unpaired) electrons. The van der Waals surface area contributed by atoms with Crippen LogP contribution in [0.5, 0.6) is 5.75 Å². The molecule has 1 fully saturated rings. The molecule has 0 bridgehead atoms. The van der Waals surface area contributed by atoms with Crippen LogP contribution in [0.4, 0.5) is 0 Å². The smallest absolute Gasteiger partial charge is 0.242 e. The first-order valence-electron chi connectivity index (χ1n) is 9.78. The van der Waals surface area contributed by atoms with Crippen LogP contribution in [-0.4, -0.2) is 45.8 Å². The largest absolute Gasteiger partial charge is 0.497 e. The molecule has 0 saturated carbocycles. The Balaban J connectivity index is 1.44. The second-order valence-corrected chi connectivity index (χ2v) is 7.62. The normalized spacial score (nSPS) is 14.7. The van der Waals surface area contributed by atoms with Crippen molar-refractivity contribution in [1.29, 1.82) is 0 Å². The molecule has 0 spiro atoms. The van der Waals surface area contributed by atoms with Gasteiger partial charge in [-0.2, -0.15) is 5.10 Å². The van der Waals surface area contributed by atoms with Crippen molar-refractivity contribution in [2.24, 2.45) is 0 Å². The second kappa shape index (κ2) is 8.61. The highest BCUT2D eigenvalue weighted by atomic mass is 32.1. The number of hydrogen-bond acceptors (Lipinski definition) is 4. The van der Waals surface area contributed by atoms with Gasteiger partial charge in [-0.3, -0.25) is 14.5 Å². The number of likely N-dealkylation sites (tertiary alicyclic amines) is 1. The van der Waals surface area contributed by atoms with E-state index in [1.807, 2.05) is 35.2 Å². The lowest BCUT2D eigenvalue weighted by Gasteiger charge is -2.32. The quantitative estimate of drug-likeness (QED) is 0.648. The number of benzene rings is 2. The van der Waals surface area contributed by atoms with Gasteiger partial charge in [0.05, 0.1) is 7.11 Å². The SMILES string of the molecule is COc1ccc(-c2n[nH]c(=S)n2CC(=O)N2CCC(c3ccccc3)CC2)cc1. The van der Waals surface area contributed by atoms with Crippen LogP contribution in [0.3, 0.4) is 0 Å². The topological polar surface area (TPSA) is 63.1 Å². The van der Waals surface area contributed by atoms with Gasteiger partial charge in [0.15, 0.2) is 10.6 Å². The summed E-state index contributed by atoms with van der Waals surface area (Å²) in [6.45, 7) is 1.72. The van der Waals surface area contributed by atoms with Crippen LogP contribution in [0.2, 0.25) is 0 Å². The average molecular weight is 409 g/mol. The predicted molar refractivity (Wildman–Crippen MR) is 114 cm³/mol. The number of aromatic nitrogens is 3. The maximum Gasteiger partial charge on any atom is 0.242 e. The van der Waals surface area contributed by atoms with Gasteiger partial charge in [0.1, 0.15) is 12.3 Å². The van der Waals surface area contributed by atoms with E-state index < -0.39 is 0 Å². The fourth-order valence-electron chi connectivity index (χ4n) is 3.85. The monoisotopic (exact) mass is 408 g/mol. The fourth-order valence-corrected chi connectivity index (χ4v) is 4.04. The molecular formula is C22H24N4O2S. The summed E-state index contributed by atoms with van der Waals surface area (Å²) in [5.41, 5.74) is 2.24. The zero-order chi connectivity index (χ0) is 20.2. The molecule has 3 aromatic rings. The molecule has 29 heavy (non-hydrogen) atoms. The molecule has 0 atom stereocenters. The molecular weight excluding hydrogens is 384 g/mol. The van der Waals surface area contributed by atoms with Crippen molar-refractivity contribution in [3.63, 3.8) is 0 Å². The number of methoxy groups -OCH3 is 1. The van der Waals surface area contributed by atoms with Crippen LogP contribution < -0.4 is 4.74 Å². The highest BCUT2D eigenvalue weighted by molar-refractivity contribution is 7.71. The van der Waals surface area contributed by atoms with Crippen LogP contribution in [0, 0.1) is 4.77 Å². The third-order valence-corrected chi connectivity index (χ3v) is 5.83. The molecule has 1 saturated heterocycles. The van der Waals surface area contributed by atoms with Crippen molar-refractivity contribution < 1.29 is 9.53 Å². The molecule has 0 unspecified atom stereocenters. The van der Waals surface area contributed by atoms with Crippen LogP contribution in [0.1, 0.15) is 24.3 Å². The Bertz CT molecular complexity index is 1020. The Kier molecular flexibility index (Phi) is 5.76. The van der Waals surface area contributed by atoms with Crippen molar-refractivity contribution in [3.8, 4) is 17.1 Å². The minimum atomic E-state index is 0.0729. The summed E-state index contributed by atoms with van der Waals surface area (Å²) in [5, 5.41) is 7.14. The van der Waals surface area contributed by atoms with Gasteiger partial charge in [-0.15, -0.1) is 0 Å². The number of ether oxygens (including phenoxy) is 1. The lowest BCUT2D eigenvalue weighted by Crippen LogP contribution is -2.39. The van der Waals surface area contributed by atoms with E-state index >= 15 is 0 Å². The van der Waals surface area contributed by atoms with Crippen molar-refractivity contribution >= 4 is 18.1 Å². The number of nitrogens with zero attached hydrogens (tertiary/aromatic N) is 3. The third kappa shape index (κ3) is 4.24. The van der Waals surface area contributed by atoms with E-state index in [0.29, 0.717) is 16.5 Å². The fraction of sp³-hybridized carbons (Fsp3) is 0.318. The standard InChI is InChI=1S/C22H24N4O2S/c1-28-19-9-7-18(8-10-19)21-23-24-22(29)26(21)15-20(27)25-13-11-17(12-14-25)16-5-3-2-4-6-16/h2-10,17H,11-15H2,1H3,(H,24,29). The van der Waals surface area contributed by atoms with Gasteiger partial charge in [-0.25, -0.2) is 0 Å². The Morgan fingerprint density at radius 2 is 1.83 bits per heavy atom. The molecule has 1 N–H and O–H groups in total. The van der Waals surface area contributed by atoms with E-state index in [1.54, 1.807) is 11.7 Å². The van der Waals surface area contributed by atoms with Gasteiger partial charge in [0.2, 0.25) is 5.91 Å². The second-order valence-electron chi connectivity index (χ2n) is 7.23. The van der Waals surface area contributed by atoms with E-state index in [-0.39, 0.29) is 12.5 Å². The van der Waals surface area contributed by atoms with Crippen LogP contribution in [-0.2, 0) is 11.3 Å². The zero-order valence-corrected chi connectivity index (χ0v) is 17.2. The Labute approximate surface area is 175 Å². The number of amides is 1. The number of aromatic amines is 1. The molecule has 2 aromatic carbocycles. The summed E-state index contributed by atoms with van der Waals surface area (Å²) in [5.74, 6) is 2.02. The molecule has 7 heteroatoms. The number of H-pyrrole nitrogens is 1. The molecule has 1 aromatic heterocycles. The summed E-state index contributed by atoms with van der Waals surface area (Å²) in [7, 11) is 1.63. The summed E-state index contributed by atoms with van der Waals surface area (Å²) >= 11 is 5.37. The van der Waals surface area contributed by atoms with E-state index in [0.717, 1.165) is 37.2 Å². The van der Waals surface area contributed by atoms with Crippen molar-refractivity contribution in [2.75, 3.05) is 20.2 Å². The van der Waals surface area contributed by atoms with Gasteiger partial charge >= 0.3 is 0 Å². The average Bonchev–Trinajstić information content (AvgIpc) is 3.14. The van der Waals surface area contributed by atoms with Gasteiger partial charge in [0, 0.05) is 18.7 Å². The van der Waals surface area contributed by atoms with E-state index in [2.05, 4.69) is 34.5 Å². The van der Waals surface area contributed by atoms with Crippen molar-refractivity contribution in [2.45, 2.75) is 25.3 Å². The van der Waals surface area contributed by atoms with Crippen molar-refractivity contribution in [1.82, 2.24) is 19.7 Å². The van der Waals surface area contributed by atoms with E-state index in [1.165, 1.54) is 5.56 Å². The zero-order valence-electron chi connectivity index (χ0n) is 16.4. The summed E-state index contributed by atoms with van der Waals surface area (Å²) in [6.07, 6.45) is 1.97. The third-order valence-electron chi connectivity index (χ3n) is 5.52. The first-order chi connectivity index (χ1) is 14.2. The highest BCUT2D eigenvalue weighted by Gasteiger charge is 2.24. The Morgan fingerprint density at radius 1 is 1.14 bits per heavy atom. The number of rotatable bonds is 5. The first-order valence-corrected chi connectivity index (χ1v) is 10.2. The van der Waals surface area contributed by atoms with Crippen LogP contribution in [0.15, 0.2) is 54.6 Å². The molecule has 4 rings (SSSR count). The van der Waals surface area contributed by atoms with Crippen LogP contribution in [0.25, 0.3) is 11.4 Å². The lowest BCUT2D eigenvalue weighted by molar-refractivity contribution is -0.132. The highest BCUT2D eigenvalue weighted by Crippen LogP contribution is 2.28. The first kappa shape index (κ1) is 19.4. The number of nitrogens with one attached hydrogen (secondary N) is 1. The number of hydrogen-bond donors (Lipinski definition) is 1. The maximum absolute atomic E-state index is 12.9. The van der Waals surface area contributed by atoms with E-state index in [4.69, 9.17) is 17.0 Å². The maximum atomic E-state index is 12.9. The van der Waals surface area contributed by atoms with Gasteiger partial charge in [-0.05, 0) is 60.8 Å². The Hall–Kier alpha value is -2.93. The lowest BCUT2D eigenvalue weighted by atomic mass is 9.89. The van der Waals surface area contributed by atoms with Gasteiger partial charge < -0.3 is 9.64 Å².